The van der Waals surface area contributed by atoms with Crippen LogP contribution in [0.1, 0.15) is 117 Å². The van der Waals surface area contributed by atoms with Gasteiger partial charge in [-0.1, -0.05) is 87.9 Å². The van der Waals surface area contributed by atoms with E-state index in [9.17, 15) is 9.59 Å². The third kappa shape index (κ3) is 11.8. The van der Waals surface area contributed by atoms with Gasteiger partial charge in [0.05, 0.1) is 17.7 Å². The highest BCUT2D eigenvalue weighted by atomic mass is 35.5. The molecule has 4 nitrogen and oxygen atoms in total. The molecule has 1 aliphatic rings. The fourth-order valence-corrected chi connectivity index (χ4v) is 4.80. The molecule has 1 aromatic carbocycles. The molecule has 1 aliphatic heterocycles. The summed E-state index contributed by atoms with van der Waals surface area (Å²) in [5, 5.41) is 0. The Labute approximate surface area is 213 Å². The number of esters is 2. The number of carbonyl (C=O) groups is 2. The lowest BCUT2D eigenvalue weighted by Crippen LogP contribution is -2.17. The van der Waals surface area contributed by atoms with Crippen molar-refractivity contribution >= 4 is 46.7 Å². The van der Waals surface area contributed by atoms with E-state index in [1.807, 2.05) is 0 Å². The van der Waals surface area contributed by atoms with Crippen LogP contribution in [0.5, 0.6) is 0 Å². The molecular weight excluding hydrogens is 483 g/mol. The first kappa shape index (κ1) is 28.3. The molecule has 7 heteroatoms. The van der Waals surface area contributed by atoms with Crippen molar-refractivity contribution in [1.29, 1.82) is 0 Å². The number of fused-ring (bicyclic) bond motifs is 1. The molecule has 0 aliphatic carbocycles. The Morgan fingerprint density at radius 2 is 1.18 bits per heavy atom. The predicted octanol–water partition coefficient (Wildman–Crippen LogP) is 8.60. The molecule has 2 rings (SSSR count). The monoisotopic (exact) mass is 518 g/mol. The third-order valence-electron chi connectivity index (χ3n) is 6.00. The molecule has 1 unspecified atom stereocenters. The lowest BCUT2D eigenvalue weighted by molar-refractivity contribution is 0.0408. The van der Waals surface area contributed by atoms with Crippen molar-refractivity contribution in [2.75, 3.05) is 6.61 Å². The van der Waals surface area contributed by atoms with Gasteiger partial charge in [0.25, 0.3) is 0 Å². The van der Waals surface area contributed by atoms with Crippen molar-refractivity contribution in [3.8, 4) is 0 Å². The van der Waals surface area contributed by atoms with Gasteiger partial charge < -0.3 is 9.47 Å². The highest BCUT2D eigenvalue weighted by Gasteiger charge is 2.23. The van der Waals surface area contributed by atoms with Crippen LogP contribution in [-0.4, -0.2) is 28.4 Å². The minimum Gasteiger partial charge on any atom is -0.462 e. The second-order valence-corrected chi connectivity index (χ2v) is 11.0. The lowest BCUT2D eigenvalue weighted by Gasteiger charge is -2.19. The second-order valence-electron chi connectivity index (χ2n) is 8.88. The first-order valence-corrected chi connectivity index (χ1v) is 13.6. The zero-order valence-corrected chi connectivity index (χ0v) is 21.7. The highest BCUT2D eigenvalue weighted by molar-refractivity contribution is 6.48. The van der Waals surface area contributed by atoms with Crippen LogP contribution in [-0.2, 0) is 9.47 Å². The van der Waals surface area contributed by atoms with E-state index in [0.717, 1.165) is 70.6 Å². The van der Waals surface area contributed by atoms with Crippen LogP contribution in [0.25, 0.3) is 0 Å². The molecule has 0 fully saturated rings. The fraction of sp³-hybridized carbons (Fsp3) is 0.692. The van der Waals surface area contributed by atoms with Crippen LogP contribution in [0.15, 0.2) is 24.3 Å². The summed E-state index contributed by atoms with van der Waals surface area (Å²) < 4.78 is 10.1. The van der Waals surface area contributed by atoms with Crippen molar-refractivity contribution in [1.82, 2.24) is 0 Å². The van der Waals surface area contributed by atoms with Crippen LogP contribution in [0.3, 0.4) is 0 Å². The van der Waals surface area contributed by atoms with Gasteiger partial charge in [-0.25, -0.2) is 9.59 Å². The molecule has 0 saturated carbocycles. The quantitative estimate of drug-likeness (QED) is 0.254. The first-order valence-electron chi connectivity index (χ1n) is 12.4. The molecule has 0 amide bonds. The maximum Gasteiger partial charge on any atom is 0.340 e. The SMILES string of the molecule is O=C1OCCCCCCCCCCC(Cl)(Cl)CCCCCCC(Cl)OC(=O)c2ccccc21. The predicted molar refractivity (Wildman–Crippen MR) is 135 cm³/mol. The molecule has 33 heavy (non-hydrogen) atoms. The maximum atomic E-state index is 12.6. The van der Waals surface area contributed by atoms with Crippen molar-refractivity contribution in [3.05, 3.63) is 35.4 Å². The van der Waals surface area contributed by atoms with E-state index in [4.69, 9.17) is 44.3 Å². The molecule has 0 bridgehead atoms. The van der Waals surface area contributed by atoms with Crippen molar-refractivity contribution in [2.45, 2.75) is 106 Å². The van der Waals surface area contributed by atoms with E-state index < -0.39 is 21.8 Å². The van der Waals surface area contributed by atoms with E-state index in [1.54, 1.807) is 24.3 Å². The van der Waals surface area contributed by atoms with Gasteiger partial charge in [-0.2, -0.15) is 0 Å². The highest BCUT2D eigenvalue weighted by Crippen LogP contribution is 2.34. The average Bonchev–Trinajstić information content (AvgIpc) is 2.78. The summed E-state index contributed by atoms with van der Waals surface area (Å²) in [6.07, 6.45) is 14.7. The number of benzene rings is 1. The summed E-state index contributed by atoms with van der Waals surface area (Å²) in [5.41, 5.74) is -0.345. The Morgan fingerprint density at radius 3 is 1.79 bits per heavy atom. The minimum atomic E-state index is -0.743. The van der Waals surface area contributed by atoms with E-state index in [0.29, 0.717) is 13.0 Å². The molecular formula is C26H37Cl3O4. The van der Waals surface area contributed by atoms with Crippen LogP contribution in [0, 0.1) is 0 Å². The van der Waals surface area contributed by atoms with Gasteiger partial charge >= 0.3 is 11.9 Å². The van der Waals surface area contributed by atoms with Crippen LogP contribution in [0.2, 0.25) is 0 Å². The number of hydrogen-bond acceptors (Lipinski definition) is 4. The summed E-state index contributed by atoms with van der Waals surface area (Å²) >= 11 is 19.2. The fourth-order valence-electron chi connectivity index (χ4n) is 4.03. The molecule has 0 saturated heterocycles. The van der Waals surface area contributed by atoms with Gasteiger partial charge in [-0.3, -0.25) is 0 Å². The normalized spacial score (nSPS) is 23.4. The molecule has 1 aromatic rings. The van der Waals surface area contributed by atoms with Gasteiger partial charge in [0.1, 0.15) is 4.33 Å². The Hall–Kier alpha value is -0.970. The van der Waals surface area contributed by atoms with Crippen LogP contribution >= 0.6 is 34.8 Å². The molecule has 1 heterocycles. The van der Waals surface area contributed by atoms with Crippen molar-refractivity contribution in [2.24, 2.45) is 0 Å². The third-order valence-corrected chi connectivity index (χ3v) is 7.06. The molecule has 186 valence electrons. The maximum absolute atomic E-state index is 12.6. The van der Waals surface area contributed by atoms with Gasteiger partial charge in [-0.15, -0.1) is 23.2 Å². The number of carbonyl (C=O) groups excluding carboxylic acids is 2. The molecule has 0 aromatic heterocycles. The number of alkyl halides is 3. The first-order chi connectivity index (χ1) is 15.9. The Balaban J connectivity index is 1.91. The summed E-state index contributed by atoms with van der Waals surface area (Å²) in [6.45, 7) is 0.341. The summed E-state index contributed by atoms with van der Waals surface area (Å²) in [4.78, 5) is 25.1. The standard InChI is InChI=1S/C26H37Cl3O4/c27-23-17-9-5-7-13-19-26(28,29)18-12-6-3-1-2-4-8-14-20-32-24(30)21-15-10-11-16-22(21)25(31)33-23/h10-11,15-16,23H,1-9,12-14,17-20H2. The van der Waals surface area contributed by atoms with E-state index in [1.165, 1.54) is 19.3 Å². The second kappa shape index (κ2) is 15.8. The number of rotatable bonds is 0. The summed E-state index contributed by atoms with van der Waals surface area (Å²) in [7, 11) is 0. The number of cyclic esters (lactones) is 2. The molecule has 1 atom stereocenters. The zero-order valence-electron chi connectivity index (χ0n) is 19.5. The van der Waals surface area contributed by atoms with Crippen LogP contribution in [0.4, 0.5) is 0 Å². The molecule has 0 radical (unpaired) electrons. The van der Waals surface area contributed by atoms with E-state index in [-0.39, 0.29) is 11.1 Å². The van der Waals surface area contributed by atoms with Gasteiger partial charge in [0.15, 0.2) is 5.56 Å². The topological polar surface area (TPSA) is 52.6 Å². The Morgan fingerprint density at radius 1 is 0.697 bits per heavy atom. The summed E-state index contributed by atoms with van der Waals surface area (Å²) in [6, 6.07) is 6.55. The Bertz CT molecular complexity index is 723. The smallest absolute Gasteiger partial charge is 0.340 e. The van der Waals surface area contributed by atoms with Gasteiger partial charge in [0.2, 0.25) is 0 Å². The van der Waals surface area contributed by atoms with E-state index >= 15 is 0 Å². The van der Waals surface area contributed by atoms with Crippen molar-refractivity contribution < 1.29 is 19.1 Å². The average molecular weight is 520 g/mol. The van der Waals surface area contributed by atoms with Gasteiger partial charge in [0, 0.05) is 0 Å². The largest absolute Gasteiger partial charge is 0.462 e. The number of ether oxygens (including phenoxy) is 2. The Kier molecular flexibility index (Phi) is 13.6. The van der Waals surface area contributed by atoms with Crippen molar-refractivity contribution in [3.63, 3.8) is 0 Å². The lowest BCUT2D eigenvalue weighted by atomic mass is 10.0. The summed E-state index contributed by atoms with van der Waals surface area (Å²) in [5.74, 6) is -1.11. The number of halogens is 3. The molecule has 0 N–H and O–H groups in total. The minimum absolute atomic E-state index is 0.183. The van der Waals surface area contributed by atoms with Crippen LogP contribution < -0.4 is 0 Å². The zero-order chi connectivity index (χ0) is 23.9. The molecule has 0 spiro atoms. The van der Waals surface area contributed by atoms with Gasteiger partial charge in [-0.05, 0) is 44.2 Å². The van der Waals surface area contributed by atoms with E-state index in [2.05, 4.69) is 0 Å². The number of hydrogen-bond donors (Lipinski definition) is 0.